The first kappa shape index (κ1) is 30.0. The van der Waals surface area contributed by atoms with Crippen LogP contribution >= 0.6 is 12.6 Å². The molecule has 0 aliphatic carbocycles. The third kappa shape index (κ3) is 36.7. The molecular formula is C24H50O3S. The van der Waals surface area contributed by atoms with Gasteiger partial charge in [-0.3, -0.25) is 4.79 Å². The van der Waals surface area contributed by atoms with Crippen LogP contribution in [0.15, 0.2) is 0 Å². The van der Waals surface area contributed by atoms with Gasteiger partial charge in [0, 0.05) is 6.42 Å². The summed E-state index contributed by atoms with van der Waals surface area (Å²) < 4.78 is 0. The molecule has 0 heterocycles. The molecule has 0 bridgehead atoms. The van der Waals surface area contributed by atoms with E-state index in [-0.39, 0.29) is 0 Å². The fraction of sp³-hybridized carbons (Fsp3) is 0.958. The molecule has 0 amide bonds. The van der Waals surface area contributed by atoms with E-state index in [9.17, 15) is 4.79 Å². The summed E-state index contributed by atoms with van der Waals surface area (Å²) in [7, 11) is 0. The second-order valence-corrected chi connectivity index (χ2v) is 8.89. The van der Waals surface area contributed by atoms with Gasteiger partial charge in [-0.2, -0.15) is 0 Å². The maximum absolute atomic E-state index is 10.4. The van der Waals surface area contributed by atoms with Crippen LogP contribution in [-0.2, 0) is 4.79 Å². The van der Waals surface area contributed by atoms with Gasteiger partial charge in [0.05, 0.1) is 5.44 Å². The minimum Gasteiger partial charge on any atom is -0.481 e. The Morgan fingerprint density at radius 2 is 0.857 bits per heavy atom. The molecule has 0 aromatic rings. The van der Waals surface area contributed by atoms with Gasteiger partial charge in [-0.15, -0.1) is 12.6 Å². The molecule has 0 aliphatic rings. The lowest BCUT2D eigenvalue weighted by Gasteiger charge is -2.03. The van der Waals surface area contributed by atoms with E-state index in [4.69, 9.17) is 10.2 Å². The molecule has 1 atom stereocenters. The summed E-state index contributed by atoms with van der Waals surface area (Å²) in [4.78, 5) is 10.4. The highest BCUT2D eigenvalue weighted by Crippen LogP contribution is 2.14. The topological polar surface area (TPSA) is 57.5 Å². The third-order valence-corrected chi connectivity index (χ3v) is 4.99. The quantitative estimate of drug-likeness (QED) is 0.106. The summed E-state index contributed by atoms with van der Waals surface area (Å²) in [6.45, 7) is 3.87. The number of carbonyl (C=O) groups is 1. The van der Waals surface area contributed by atoms with Crippen LogP contribution in [0.25, 0.3) is 0 Å². The average Bonchev–Trinajstić information content (AvgIpc) is 2.63. The van der Waals surface area contributed by atoms with Crippen LogP contribution in [0.4, 0.5) is 0 Å². The first-order chi connectivity index (χ1) is 13.5. The molecular weight excluding hydrogens is 368 g/mol. The molecule has 2 N–H and O–H groups in total. The first-order valence-corrected chi connectivity index (χ1v) is 12.6. The highest BCUT2D eigenvalue weighted by molar-refractivity contribution is 7.80. The summed E-state index contributed by atoms with van der Waals surface area (Å²) >= 11 is 3.52. The van der Waals surface area contributed by atoms with Gasteiger partial charge in [0.15, 0.2) is 0 Å². The lowest BCUT2D eigenvalue weighted by Crippen LogP contribution is -1.93. The summed E-state index contributed by atoms with van der Waals surface area (Å²) in [6.07, 6.45) is 26.1. The van der Waals surface area contributed by atoms with Gasteiger partial charge in [0.1, 0.15) is 0 Å². The maximum atomic E-state index is 10.4. The van der Waals surface area contributed by atoms with Gasteiger partial charge in [-0.25, -0.2) is 0 Å². The molecule has 3 nitrogen and oxygen atoms in total. The van der Waals surface area contributed by atoms with Crippen molar-refractivity contribution in [2.75, 3.05) is 0 Å². The van der Waals surface area contributed by atoms with E-state index in [1.165, 1.54) is 109 Å². The molecule has 0 saturated heterocycles. The number of carboxylic acid groups (broad SMARTS) is 1. The minimum absolute atomic E-state index is 0.346. The molecule has 0 aromatic heterocycles. The third-order valence-electron chi connectivity index (χ3n) is 4.99. The van der Waals surface area contributed by atoms with Gasteiger partial charge < -0.3 is 10.2 Å². The number of thiol groups is 1. The van der Waals surface area contributed by atoms with Gasteiger partial charge in [-0.05, 0) is 13.3 Å². The zero-order valence-electron chi connectivity index (χ0n) is 19.0. The molecule has 0 saturated carbocycles. The Morgan fingerprint density at radius 3 is 1.07 bits per heavy atom. The largest absolute Gasteiger partial charge is 0.481 e. The van der Waals surface area contributed by atoms with E-state index in [1.807, 2.05) is 0 Å². The standard InChI is InChI=1S/C22H44O2.C2H6OS/c1-2-3-4-5-6-7-8-9-10-11-12-13-14-15-16-17-18-19-20-21-22(23)24;1-2(3)4/h2-21H2,1H3,(H,23,24);2-4H,1H3. The van der Waals surface area contributed by atoms with E-state index >= 15 is 0 Å². The van der Waals surface area contributed by atoms with Crippen LogP contribution < -0.4 is 0 Å². The van der Waals surface area contributed by atoms with Gasteiger partial charge in [0.25, 0.3) is 0 Å². The van der Waals surface area contributed by atoms with Crippen molar-refractivity contribution in [3.8, 4) is 0 Å². The minimum atomic E-state index is -0.651. The maximum Gasteiger partial charge on any atom is 0.303 e. The van der Waals surface area contributed by atoms with Crippen molar-refractivity contribution >= 4 is 18.6 Å². The normalized spacial score (nSPS) is 11.7. The molecule has 170 valence electrons. The van der Waals surface area contributed by atoms with Crippen molar-refractivity contribution in [3.05, 3.63) is 0 Å². The molecule has 1 unspecified atom stereocenters. The lowest BCUT2D eigenvalue weighted by atomic mass is 10.0. The zero-order chi connectivity index (χ0) is 21.3. The monoisotopic (exact) mass is 418 g/mol. The molecule has 0 aromatic carbocycles. The Labute approximate surface area is 181 Å². The van der Waals surface area contributed by atoms with E-state index in [1.54, 1.807) is 6.92 Å². The van der Waals surface area contributed by atoms with Crippen molar-refractivity contribution in [3.63, 3.8) is 0 Å². The van der Waals surface area contributed by atoms with Crippen molar-refractivity contribution in [2.45, 2.75) is 148 Å². The van der Waals surface area contributed by atoms with Crippen LogP contribution in [0.2, 0.25) is 0 Å². The molecule has 0 aliphatic heterocycles. The highest BCUT2D eigenvalue weighted by Gasteiger charge is 1.97. The number of rotatable bonds is 20. The average molecular weight is 419 g/mol. The van der Waals surface area contributed by atoms with Crippen molar-refractivity contribution in [1.82, 2.24) is 0 Å². The Hall–Kier alpha value is -0.220. The van der Waals surface area contributed by atoms with E-state index in [0.29, 0.717) is 6.42 Å². The van der Waals surface area contributed by atoms with Crippen molar-refractivity contribution in [1.29, 1.82) is 0 Å². The predicted octanol–water partition coefficient (Wildman–Crippen LogP) is 8.15. The number of unbranched alkanes of at least 4 members (excludes halogenated alkanes) is 18. The lowest BCUT2D eigenvalue weighted by molar-refractivity contribution is -0.137. The van der Waals surface area contributed by atoms with Crippen LogP contribution in [0.3, 0.4) is 0 Å². The Balaban J connectivity index is 0. The molecule has 0 rings (SSSR count). The van der Waals surface area contributed by atoms with Crippen LogP contribution in [-0.4, -0.2) is 21.6 Å². The number of aliphatic hydroxyl groups is 1. The molecule has 0 fully saturated rings. The number of hydrogen-bond acceptors (Lipinski definition) is 3. The van der Waals surface area contributed by atoms with E-state index in [0.717, 1.165) is 12.8 Å². The van der Waals surface area contributed by atoms with Crippen LogP contribution in [0.5, 0.6) is 0 Å². The summed E-state index contributed by atoms with van der Waals surface area (Å²) in [6, 6.07) is 0. The Bertz CT molecular complexity index is 293. The fourth-order valence-electron chi connectivity index (χ4n) is 3.35. The van der Waals surface area contributed by atoms with Crippen LogP contribution in [0.1, 0.15) is 142 Å². The number of aliphatic hydroxyl groups excluding tert-OH is 1. The second-order valence-electron chi connectivity index (χ2n) is 8.14. The van der Waals surface area contributed by atoms with Gasteiger partial charge in [0.2, 0.25) is 0 Å². The fourth-order valence-corrected chi connectivity index (χ4v) is 3.35. The van der Waals surface area contributed by atoms with Gasteiger partial charge >= 0.3 is 5.97 Å². The second kappa shape index (κ2) is 26.8. The summed E-state index contributed by atoms with van der Waals surface area (Å²) in [5.41, 5.74) is -0.472. The number of carboxylic acids is 1. The molecule has 0 spiro atoms. The smallest absolute Gasteiger partial charge is 0.303 e. The molecule has 0 radical (unpaired) electrons. The predicted molar refractivity (Wildman–Crippen MR) is 126 cm³/mol. The Morgan fingerprint density at radius 1 is 0.643 bits per heavy atom. The first-order valence-electron chi connectivity index (χ1n) is 12.1. The number of hydrogen-bond donors (Lipinski definition) is 3. The zero-order valence-corrected chi connectivity index (χ0v) is 19.9. The van der Waals surface area contributed by atoms with Crippen molar-refractivity contribution < 1.29 is 15.0 Å². The molecule has 4 heteroatoms. The summed E-state index contributed by atoms with van der Waals surface area (Å²) in [5.74, 6) is -0.651. The van der Waals surface area contributed by atoms with Gasteiger partial charge in [-0.1, -0.05) is 122 Å². The number of aliphatic carboxylic acids is 1. The highest BCUT2D eigenvalue weighted by atomic mass is 32.1. The SMILES string of the molecule is CC(O)S.CCCCCCCCCCCCCCCCCCCCCC(=O)O. The summed E-state index contributed by atoms with van der Waals surface area (Å²) in [5, 5.41) is 16.5. The molecule has 28 heavy (non-hydrogen) atoms. The van der Waals surface area contributed by atoms with Crippen LogP contribution in [0, 0.1) is 0 Å². The Kier molecular flexibility index (Phi) is 28.7. The van der Waals surface area contributed by atoms with E-state index in [2.05, 4.69) is 19.6 Å². The van der Waals surface area contributed by atoms with E-state index < -0.39 is 11.4 Å². The van der Waals surface area contributed by atoms with Crippen molar-refractivity contribution in [2.24, 2.45) is 0 Å².